The lowest BCUT2D eigenvalue weighted by Gasteiger charge is -2.21. The van der Waals surface area contributed by atoms with Crippen LogP contribution in [-0.2, 0) is 0 Å². The van der Waals surface area contributed by atoms with Crippen molar-refractivity contribution in [3.05, 3.63) is 29.8 Å². The second-order valence-electron chi connectivity index (χ2n) is 6.10. The van der Waals surface area contributed by atoms with Crippen molar-refractivity contribution in [3.63, 3.8) is 0 Å². The highest BCUT2D eigenvalue weighted by Crippen LogP contribution is 2.48. The SMILES string of the molecule is C[C@@H](N)c1ccc(OCC2CC3CCC2C3)cc1. The third kappa shape index (κ3) is 2.39. The number of hydrogen-bond donors (Lipinski definition) is 1. The van der Waals surface area contributed by atoms with Crippen molar-refractivity contribution < 1.29 is 4.74 Å². The van der Waals surface area contributed by atoms with Gasteiger partial charge in [-0.15, -0.1) is 0 Å². The van der Waals surface area contributed by atoms with Crippen molar-refractivity contribution in [2.75, 3.05) is 6.61 Å². The predicted octanol–water partition coefficient (Wildman–Crippen LogP) is 3.52. The first kappa shape index (κ1) is 12.0. The van der Waals surface area contributed by atoms with Crippen LogP contribution in [0.5, 0.6) is 5.75 Å². The molecule has 1 aromatic carbocycles. The van der Waals surface area contributed by atoms with E-state index in [1.165, 1.54) is 31.2 Å². The van der Waals surface area contributed by atoms with Gasteiger partial charge >= 0.3 is 0 Å². The average Bonchev–Trinajstić information content (AvgIpc) is 2.99. The molecule has 4 atom stereocenters. The fourth-order valence-corrected chi connectivity index (χ4v) is 3.65. The molecule has 2 aliphatic carbocycles. The molecule has 2 bridgehead atoms. The molecular weight excluding hydrogens is 222 g/mol. The third-order valence-electron chi connectivity index (χ3n) is 4.75. The van der Waals surface area contributed by atoms with Crippen LogP contribution in [0.25, 0.3) is 0 Å². The van der Waals surface area contributed by atoms with Crippen LogP contribution in [0.1, 0.15) is 44.2 Å². The summed E-state index contributed by atoms with van der Waals surface area (Å²) in [7, 11) is 0. The van der Waals surface area contributed by atoms with Crippen molar-refractivity contribution in [1.29, 1.82) is 0 Å². The van der Waals surface area contributed by atoms with Crippen LogP contribution in [0, 0.1) is 17.8 Å². The lowest BCUT2D eigenvalue weighted by molar-refractivity contribution is 0.195. The van der Waals surface area contributed by atoms with Gasteiger partial charge in [-0.1, -0.05) is 18.6 Å². The van der Waals surface area contributed by atoms with E-state index in [4.69, 9.17) is 10.5 Å². The van der Waals surface area contributed by atoms with Crippen molar-refractivity contribution in [3.8, 4) is 5.75 Å². The van der Waals surface area contributed by atoms with Gasteiger partial charge < -0.3 is 10.5 Å². The largest absolute Gasteiger partial charge is 0.493 e. The van der Waals surface area contributed by atoms with Gasteiger partial charge in [0.15, 0.2) is 0 Å². The Labute approximate surface area is 110 Å². The normalized spacial score (nSPS) is 31.6. The first-order chi connectivity index (χ1) is 8.72. The molecule has 0 aromatic heterocycles. The van der Waals surface area contributed by atoms with Gasteiger partial charge in [-0.05, 0) is 61.6 Å². The molecule has 1 aromatic rings. The molecule has 2 nitrogen and oxygen atoms in total. The van der Waals surface area contributed by atoms with Gasteiger partial charge in [0.1, 0.15) is 5.75 Å². The summed E-state index contributed by atoms with van der Waals surface area (Å²) in [6.45, 7) is 2.91. The van der Waals surface area contributed by atoms with Crippen molar-refractivity contribution >= 4 is 0 Å². The Morgan fingerprint density at radius 1 is 1.22 bits per heavy atom. The highest BCUT2D eigenvalue weighted by molar-refractivity contribution is 5.28. The minimum absolute atomic E-state index is 0.101. The van der Waals surface area contributed by atoms with E-state index in [-0.39, 0.29) is 6.04 Å². The second-order valence-corrected chi connectivity index (χ2v) is 6.10. The monoisotopic (exact) mass is 245 g/mol. The molecule has 98 valence electrons. The molecule has 0 heterocycles. The van der Waals surface area contributed by atoms with Crippen LogP contribution in [0.3, 0.4) is 0 Å². The molecule has 0 spiro atoms. The molecule has 2 aliphatic rings. The Kier molecular flexibility index (Phi) is 3.29. The zero-order valence-corrected chi connectivity index (χ0v) is 11.1. The molecule has 2 fully saturated rings. The Hall–Kier alpha value is -1.02. The van der Waals surface area contributed by atoms with Crippen LogP contribution < -0.4 is 10.5 Å². The van der Waals surface area contributed by atoms with Crippen LogP contribution >= 0.6 is 0 Å². The highest BCUT2D eigenvalue weighted by atomic mass is 16.5. The van der Waals surface area contributed by atoms with Gasteiger partial charge in [0.25, 0.3) is 0 Å². The van der Waals surface area contributed by atoms with Gasteiger partial charge in [-0.25, -0.2) is 0 Å². The summed E-state index contributed by atoms with van der Waals surface area (Å²) in [5, 5.41) is 0. The standard InChI is InChI=1S/C16H23NO/c1-11(17)13-4-6-16(7-5-13)18-10-15-9-12-2-3-14(15)8-12/h4-7,11-12,14-15H,2-3,8-10,17H2,1H3/t11-,12?,14?,15?/m1/s1. The molecule has 2 heteroatoms. The maximum atomic E-state index is 5.94. The first-order valence-electron chi connectivity index (χ1n) is 7.20. The molecule has 3 rings (SSSR count). The maximum Gasteiger partial charge on any atom is 0.119 e. The smallest absolute Gasteiger partial charge is 0.119 e. The number of ether oxygens (including phenoxy) is 1. The van der Waals surface area contributed by atoms with Gasteiger partial charge in [-0.2, -0.15) is 0 Å². The minimum atomic E-state index is 0.101. The van der Waals surface area contributed by atoms with Gasteiger partial charge in [0.05, 0.1) is 6.61 Å². The lowest BCUT2D eigenvalue weighted by atomic mass is 9.89. The number of nitrogens with two attached hydrogens (primary N) is 1. The average molecular weight is 245 g/mol. The quantitative estimate of drug-likeness (QED) is 0.881. The fourth-order valence-electron chi connectivity index (χ4n) is 3.65. The molecule has 0 amide bonds. The van der Waals surface area contributed by atoms with Crippen LogP contribution in [0.2, 0.25) is 0 Å². The van der Waals surface area contributed by atoms with E-state index in [0.29, 0.717) is 0 Å². The lowest BCUT2D eigenvalue weighted by Crippen LogP contribution is -2.18. The van der Waals surface area contributed by atoms with Crippen molar-refractivity contribution in [2.45, 2.75) is 38.6 Å². The van der Waals surface area contributed by atoms with E-state index in [2.05, 4.69) is 12.1 Å². The van der Waals surface area contributed by atoms with E-state index >= 15 is 0 Å². The number of rotatable bonds is 4. The third-order valence-corrected chi connectivity index (χ3v) is 4.75. The molecule has 3 unspecified atom stereocenters. The van der Waals surface area contributed by atoms with Gasteiger partial charge in [0.2, 0.25) is 0 Å². The highest BCUT2D eigenvalue weighted by Gasteiger charge is 2.39. The predicted molar refractivity (Wildman–Crippen MR) is 73.5 cm³/mol. The van der Waals surface area contributed by atoms with E-state index in [9.17, 15) is 0 Å². The number of benzene rings is 1. The molecule has 0 aliphatic heterocycles. The van der Waals surface area contributed by atoms with Crippen molar-refractivity contribution in [1.82, 2.24) is 0 Å². The summed E-state index contributed by atoms with van der Waals surface area (Å²) in [6, 6.07) is 8.34. The van der Waals surface area contributed by atoms with E-state index in [1.807, 2.05) is 19.1 Å². The second kappa shape index (κ2) is 4.93. The fraction of sp³-hybridized carbons (Fsp3) is 0.625. The summed E-state index contributed by atoms with van der Waals surface area (Å²) in [6.07, 6.45) is 5.74. The molecule has 18 heavy (non-hydrogen) atoms. The maximum absolute atomic E-state index is 5.94. The summed E-state index contributed by atoms with van der Waals surface area (Å²) in [4.78, 5) is 0. The Morgan fingerprint density at radius 2 is 2.00 bits per heavy atom. The zero-order valence-electron chi connectivity index (χ0n) is 11.1. The zero-order chi connectivity index (χ0) is 12.5. The number of hydrogen-bond acceptors (Lipinski definition) is 2. The topological polar surface area (TPSA) is 35.2 Å². The molecule has 0 radical (unpaired) electrons. The van der Waals surface area contributed by atoms with Gasteiger partial charge in [-0.3, -0.25) is 0 Å². The molecular formula is C16H23NO. The van der Waals surface area contributed by atoms with Crippen LogP contribution in [0.4, 0.5) is 0 Å². The summed E-state index contributed by atoms with van der Waals surface area (Å²) in [5.41, 5.74) is 7.01. The summed E-state index contributed by atoms with van der Waals surface area (Å²) in [5.74, 6) is 3.74. The van der Waals surface area contributed by atoms with E-state index in [0.717, 1.165) is 30.1 Å². The van der Waals surface area contributed by atoms with E-state index < -0.39 is 0 Å². The number of fused-ring (bicyclic) bond motifs is 2. The molecule has 2 saturated carbocycles. The first-order valence-corrected chi connectivity index (χ1v) is 7.20. The molecule has 2 N–H and O–H groups in total. The van der Waals surface area contributed by atoms with Crippen molar-refractivity contribution in [2.24, 2.45) is 23.5 Å². The van der Waals surface area contributed by atoms with Gasteiger partial charge in [0, 0.05) is 6.04 Å². The molecule has 0 saturated heterocycles. The van der Waals surface area contributed by atoms with Crippen LogP contribution in [-0.4, -0.2) is 6.61 Å². The minimum Gasteiger partial charge on any atom is -0.493 e. The Balaban J connectivity index is 1.54. The summed E-state index contributed by atoms with van der Waals surface area (Å²) >= 11 is 0. The van der Waals surface area contributed by atoms with E-state index in [1.54, 1.807) is 0 Å². The Morgan fingerprint density at radius 3 is 2.56 bits per heavy atom. The Bertz CT molecular complexity index is 398. The summed E-state index contributed by atoms with van der Waals surface area (Å²) < 4.78 is 5.94. The van der Waals surface area contributed by atoms with Crippen LogP contribution in [0.15, 0.2) is 24.3 Å².